The number of ketones is 1. The number of amides is 1. The highest BCUT2D eigenvalue weighted by Gasteiger charge is 2.17. The van der Waals surface area contributed by atoms with Gasteiger partial charge in [-0.05, 0) is 42.0 Å². The predicted octanol–water partition coefficient (Wildman–Crippen LogP) is 3.23. The van der Waals surface area contributed by atoms with Crippen molar-refractivity contribution in [2.45, 2.75) is 0 Å². The second kappa shape index (κ2) is 6.28. The van der Waals surface area contributed by atoms with Crippen LogP contribution >= 0.6 is 0 Å². The molecule has 5 heteroatoms. The fraction of sp³-hybridized carbons (Fsp3) is 0.100. The second-order valence-electron chi connectivity index (χ2n) is 5.79. The highest BCUT2D eigenvalue weighted by Crippen LogP contribution is 2.29. The topological polar surface area (TPSA) is 64.6 Å². The third kappa shape index (κ3) is 3.17. The number of fused-ring (bicyclic) bond motifs is 2. The molecule has 2 aromatic carbocycles. The summed E-state index contributed by atoms with van der Waals surface area (Å²) in [6.45, 7) is 0.421. The van der Waals surface area contributed by atoms with Crippen LogP contribution in [-0.4, -0.2) is 24.9 Å². The molecule has 124 valence electrons. The Bertz CT molecular complexity index is 927. The van der Waals surface area contributed by atoms with Gasteiger partial charge in [-0.3, -0.25) is 9.59 Å². The zero-order chi connectivity index (χ0) is 17.2. The van der Waals surface area contributed by atoms with E-state index in [1.54, 1.807) is 24.3 Å². The van der Waals surface area contributed by atoms with Crippen LogP contribution in [0.2, 0.25) is 0 Å². The number of allylic oxidation sites excluding steroid dienone is 1. The maximum atomic E-state index is 12.4. The Kier molecular flexibility index (Phi) is 3.82. The largest absolute Gasteiger partial charge is 0.488 e. The zero-order valence-corrected chi connectivity index (χ0v) is 13.3. The van der Waals surface area contributed by atoms with Crippen LogP contribution in [0.5, 0.6) is 11.5 Å². The van der Waals surface area contributed by atoms with Crippen molar-refractivity contribution in [2.24, 2.45) is 0 Å². The van der Waals surface area contributed by atoms with E-state index in [0.29, 0.717) is 23.6 Å². The van der Waals surface area contributed by atoms with Gasteiger partial charge in [0.15, 0.2) is 12.4 Å². The fourth-order valence-corrected chi connectivity index (χ4v) is 2.75. The first-order valence-electron chi connectivity index (χ1n) is 7.90. The Morgan fingerprint density at radius 3 is 2.80 bits per heavy atom. The van der Waals surface area contributed by atoms with Crippen LogP contribution < -0.4 is 14.8 Å². The summed E-state index contributed by atoms with van der Waals surface area (Å²) in [6, 6.07) is 12.8. The molecule has 0 fully saturated rings. The van der Waals surface area contributed by atoms with E-state index < -0.39 is 0 Å². The molecule has 0 spiro atoms. The van der Waals surface area contributed by atoms with Crippen LogP contribution in [0.25, 0.3) is 6.08 Å². The molecule has 0 bridgehead atoms. The Balaban J connectivity index is 1.53. The van der Waals surface area contributed by atoms with Crippen molar-refractivity contribution in [1.29, 1.82) is 0 Å². The highest BCUT2D eigenvalue weighted by molar-refractivity contribution is 6.06. The number of carbonyl (C=O) groups is 2. The maximum Gasteiger partial charge on any atom is 0.262 e. The average Bonchev–Trinajstić information content (AvgIpc) is 2.65. The fourth-order valence-electron chi connectivity index (χ4n) is 2.75. The summed E-state index contributed by atoms with van der Waals surface area (Å²) in [4.78, 5) is 23.8. The normalized spacial score (nSPS) is 15.4. The molecule has 0 aromatic heterocycles. The molecule has 0 saturated heterocycles. The Morgan fingerprint density at radius 1 is 1.04 bits per heavy atom. The SMILES string of the molecule is O=C1COc2ccc(C(=O)/C=C/C3=Cc4ccccc4OC3)cc2N1. The van der Waals surface area contributed by atoms with Crippen molar-refractivity contribution in [3.05, 3.63) is 71.3 Å². The Morgan fingerprint density at radius 2 is 1.88 bits per heavy atom. The van der Waals surface area contributed by atoms with E-state index in [1.807, 2.05) is 30.3 Å². The molecule has 0 radical (unpaired) electrons. The molecular formula is C20H15NO4. The van der Waals surface area contributed by atoms with Crippen molar-refractivity contribution in [3.8, 4) is 11.5 Å². The number of ether oxygens (including phenoxy) is 2. The van der Waals surface area contributed by atoms with Gasteiger partial charge < -0.3 is 14.8 Å². The maximum absolute atomic E-state index is 12.4. The van der Waals surface area contributed by atoms with Crippen LogP contribution in [0.4, 0.5) is 5.69 Å². The summed E-state index contributed by atoms with van der Waals surface area (Å²) >= 11 is 0. The van der Waals surface area contributed by atoms with Crippen molar-refractivity contribution in [3.63, 3.8) is 0 Å². The van der Waals surface area contributed by atoms with E-state index >= 15 is 0 Å². The number of anilines is 1. The monoisotopic (exact) mass is 333 g/mol. The van der Waals surface area contributed by atoms with E-state index in [-0.39, 0.29) is 18.3 Å². The quantitative estimate of drug-likeness (QED) is 0.692. The minimum Gasteiger partial charge on any atom is -0.488 e. The number of hydrogen-bond donors (Lipinski definition) is 1. The lowest BCUT2D eigenvalue weighted by atomic mass is 10.0. The van der Waals surface area contributed by atoms with Gasteiger partial charge in [-0.25, -0.2) is 0 Å². The summed E-state index contributed by atoms with van der Waals surface area (Å²) in [6.07, 6.45) is 5.27. The van der Waals surface area contributed by atoms with Gasteiger partial charge >= 0.3 is 0 Å². The van der Waals surface area contributed by atoms with Gasteiger partial charge in [-0.15, -0.1) is 0 Å². The number of rotatable bonds is 3. The molecular weight excluding hydrogens is 318 g/mol. The Labute approximate surface area is 144 Å². The van der Waals surface area contributed by atoms with Gasteiger partial charge in [0, 0.05) is 11.1 Å². The summed E-state index contributed by atoms with van der Waals surface area (Å²) < 4.78 is 11.0. The molecule has 1 N–H and O–H groups in total. The zero-order valence-electron chi connectivity index (χ0n) is 13.3. The smallest absolute Gasteiger partial charge is 0.262 e. The first-order chi connectivity index (χ1) is 12.2. The van der Waals surface area contributed by atoms with Crippen LogP contribution in [0, 0.1) is 0 Å². The minimum atomic E-state index is -0.226. The van der Waals surface area contributed by atoms with Gasteiger partial charge in [0.2, 0.25) is 0 Å². The minimum absolute atomic E-state index is 0.00414. The van der Waals surface area contributed by atoms with Crippen molar-refractivity contribution in [2.75, 3.05) is 18.5 Å². The molecule has 5 nitrogen and oxygen atoms in total. The van der Waals surface area contributed by atoms with Crippen molar-refractivity contribution < 1.29 is 19.1 Å². The third-order valence-electron chi connectivity index (χ3n) is 4.00. The molecule has 4 rings (SSSR count). The summed E-state index contributed by atoms with van der Waals surface area (Å²) in [5, 5.41) is 2.70. The van der Waals surface area contributed by atoms with E-state index in [4.69, 9.17) is 9.47 Å². The van der Waals surface area contributed by atoms with E-state index in [0.717, 1.165) is 16.9 Å². The first-order valence-corrected chi connectivity index (χ1v) is 7.90. The van der Waals surface area contributed by atoms with Gasteiger partial charge in [-0.2, -0.15) is 0 Å². The first kappa shape index (κ1) is 15.2. The summed E-state index contributed by atoms with van der Waals surface area (Å²) in [7, 11) is 0. The molecule has 0 aliphatic carbocycles. The number of carbonyl (C=O) groups excluding carboxylic acids is 2. The summed E-state index contributed by atoms with van der Waals surface area (Å²) in [5.74, 6) is 1.04. The molecule has 0 unspecified atom stereocenters. The van der Waals surface area contributed by atoms with E-state index in [1.165, 1.54) is 6.08 Å². The molecule has 0 atom stereocenters. The van der Waals surface area contributed by atoms with Gasteiger partial charge in [0.05, 0.1) is 5.69 Å². The van der Waals surface area contributed by atoms with Gasteiger partial charge in [-0.1, -0.05) is 24.3 Å². The Hall–Kier alpha value is -3.34. The lowest BCUT2D eigenvalue weighted by Crippen LogP contribution is -2.25. The van der Waals surface area contributed by atoms with Crippen LogP contribution in [0.3, 0.4) is 0 Å². The van der Waals surface area contributed by atoms with E-state index in [9.17, 15) is 9.59 Å². The molecule has 2 aliphatic heterocycles. The van der Waals surface area contributed by atoms with Crippen LogP contribution in [0.1, 0.15) is 15.9 Å². The molecule has 0 saturated carbocycles. The molecule has 2 aromatic rings. The molecule has 2 heterocycles. The number of benzene rings is 2. The average molecular weight is 333 g/mol. The van der Waals surface area contributed by atoms with Crippen molar-refractivity contribution in [1.82, 2.24) is 0 Å². The van der Waals surface area contributed by atoms with Gasteiger partial charge in [0.1, 0.15) is 18.1 Å². The summed E-state index contributed by atoms with van der Waals surface area (Å²) in [5.41, 5.74) is 2.92. The highest BCUT2D eigenvalue weighted by atomic mass is 16.5. The van der Waals surface area contributed by atoms with E-state index in [2.05, 4.69) is 5.32 Å². The van der Waals surface area contributed by atoms with Gasteiger partial charge in [0.25, 0.3) is 5.91 Å². The second-order valence-corrected chi connectivity index (χ2v) is 5.79. The van der Waals surface area contributed by atoms with Crippen LogP contribution in [0.15, 0.2) is 60.2 Å². The lowest BCUT2D eigenvalue weighted by Gasteiger charge is -2.18. The molecule has 25 heavy (non-hydrogen) atoms. The lowest BCUT2D eigenvalue weighted by molar-refractivity contribution is -0.118. The predicted molar refractivity (Wildman–Crippen MR) is 94.0 cm³/mol. The molecule has 1 amide bonds. The number of nitrogens with one attached hydrogen (secondary N) is 1. The standard InChI is InChI=1S/C20H15NO4/c22-17(14-6-8-19-16(10-14)21-20(23)12-25-19)7-5-13-9-15-3-1-2-4-18(15)24-11-13/h1-10H,11-12H2,(H,21,23)/b7-5+. The molecule has 2 aliphatic rings. The number of para-hydroxylation sites is 1. The third-order valence-corrected chi connectivity index (χ3v) is 4.00. The van der Waals surface area contributed by atoms with Crippen molar-refractivity contribution >= 4 is 23.5 Å². The van der Waals surface area contributed by atoms with Crippen LogP contribution in [-0.2, 0) is 4.79 Å². The number of hydrogen-bond acceptors (Lipinski definition) is 4.